The Balaban J connectivity index is 2.01. The molecule has 0 aliphatic carbocycles. The van der Waals surface area contributed by atoms with Gasteiger partial charge in [-0.05, 0) is 29.5 Å². The number of nitrogens with zero attached hydrogens (tertiary/aromatic N) is 2. The minimum Gasteiger partial charge on any atom is -0.399 e. The van der Waals surface area contributed by atoms with Crippen LogP contribution in [0.25, 0.3) is 0 Å². The van der Waals surface area contributed by atoms with Gasteiger partial charge in [0.2, 0.25) is 5.91 Å². The van der Waals surface area contributed by atoms with Gasteiger partial charge in [-0.2, -0.15) is 5.10 Å². The summed E-state index contributed by atoms with van der Waals surface area (Å²) in [4.78, 5) is 12.1. The second kappa shape index (κ2) is 6.22. The number of aromatic nitrogens is 2. The molecule has 0 spiro atoms. The van der Waals surface area contributed by atoms with Crippen LogP contribution >= 0.6 is 0 Å². The second-order valence-electron chi connectivity index (χ2n) is 6.85. The first-order valence-corrected chi connectivity index (χ1v) is 7.40. The molecule has 5 nitrogen and oxygen atoms in total. The van der Waals surface area contributed by atoms with Crippen molar-refractivity contribution < 1.29 is 4.79 Å². The Morgan fingerprint density at radius 1 is 1.27 bits per heavy atom. The molecule has 1 aromatic heterocycles. The highest BCUT2D eigenvalue weighted by Crippen LogP contribution is 2.21. The maximum absolute atomic E-state index is 12.1. The van der Waals surface area contributed by atoms with E-state index in [1.165, 1.54) is 0 Å². The highest BCUT2D eigenvalue weighted by atomic mass is 16.1. The predicted molar refractivity (Wildman–Crippen MR) is 89.6 cm³/mol. The maximum atomic E-state index is 12.1. The van der Waals surface area contributed by atoms with Crippen molar-refractivity contribution in [2.75, 3.05) is 11.1 Å². The fourth-order valence-electron chi connectivity index (χ4n) is 2.28. The molecule has 1 amide bonds. The molecule has 118 valence electrons. The second-order valence-corrected chi connectivity index (χ2v) is 6.85. The minimum absolute atomic E-state index is 0.0601. The van der Waals surface area contributed by atoms with Crippen molar-refractivity contribution in [2.45, 2.75) is 33.6 Å². The Labute approximate surface area is 131 Å². The van der Waals surface area contributed by atoms with Crippen molar-refractivity contribution in [1.29, 1.82) is 0 Å². The van der Waals surface area contributed by atoms with Gasteiger partial charge in [-0.3, -0.25) is 9.48 Å². The SMILES string of the molecule is Cn1nc(CC(C)(C)C)cc1NC(=O)Cc1ccc(N)cc1. The normalized spacial score (nSPS) is 11.5. The molecule has 0 aliphatic rings. The number of rotatable bonds is 4. The molecule has 0 atom stereocenters. The molecule has 22 heavy (non-hydrogen) atoms. The Morgan fingerprint density at radius 2 is 1.91 bits per heavy atom. The molecule has 0 saturated heterocycles. The third-order valence-corrected chi connectivity index (χ3v) is 3.25. The van der Waals surface area contributed by atoms with Gasteiger partial charge in [0.15, 0.2) is 0 Å². The minimum atomic E-state index is -0.0601. The molecule has 0 bridgehead atoms. The average Bonchev–Trinajstić information content (AvgIpc) is 2.70. The summed E-state index contributed by atoms with van der Waals surface area (Å²) >= 11 is 0. The van der Waals surface area contributed by atoms with Crippen molar-refractivity contribution in [3.63, 3.8) is 0 Å². The molecular formula is C17H24N4O. The first-order valence-electron chi connectivity index (χ1n) is 7.40. The van der Waals surface area contributed by atoms with E-state index < -0.39 is 0 Å². The van der Waals surface area contributed by atoms with Crippen LogP contribution in [0.2, 0.25) is 0 Å². The summed E-state index contributed by atoms with van der Waals surface area (Å²) in [5.74, 6) is 0.662. The van der Waals surface area contributed by atoms with E-state index in [4.69, 9.17) is 5.73 Å². The van der Waals surface area contributed by atoms with Crippen LogP contribution in [-0.4, -0.2) is 15.7 Å². The third-order valence-electron chi connectivity index (χ3n) is 3.25. The van der Waals surface area contributed by atoms with E-state index in [1.54, 1.807) is 16.8 Å². The number of nitrogens with two attached hydrogens (primary N) is 1. The van der Waals surface area contributed by atoms with Crippen molar-refractivity contribution in [1.82, 2.24) is 9.78 Å². The zero-order valence-electron chi connectivity index (χ0n) is 13.7. The first kappa shape index (κ1) is 16.1. The van der Waals surface area contributed by atoms with Gasteiger partial charge >= 0.3 is 0 Å². The summed E-state index contributed by atoms with van der Waals surface area (Å²) in [5, 5.41) is 7.36. The number of amides is 1. The Hall–Kier alpha value is -2.30. The van der Waals surface area contributed by atoms with E-state index in [0.29, 0.717) is 12.1 Å². The zero-order chi connectivity index (χ0) is 16.3. The summed E-state index contributed by atoms with van der Waals surface area (Å²) < 4.78 is 1.71. The molecule has 0 unspecified atom stereocenters. The lowest BCUT2D eigenvalue weighted by Gasteiger charge is -2.15. The topological polar surface area (TPSA) is 72.9 Å². The quantitative estimate of drug-likeness (QED) is 0.853. The van der Waals surface area contributed by atoms with Gasteiger partial charge in [0.05, 0.1) is 12.1 Å². The fourth-order valence-corrected chi connectivity index (χ4v) is 2.28. The molecule has 0 fully saturated rings. The van der Waals surface area contributed by atoms with E-state index in [-0.39, 0.29) is 11.3 Å². The summed E-state index contributed by atoms with van der Waals surface area (Å²) in [6.45, 7) is 6.50. The standard InChI is InChI=1S/C17H24N4O/c1-17(2,3)11-14-10-15(21(4)20-14)19-16(22)9-12-5-7-13(18)8-6-12/h5-8,10H,9,11,18H2,1-4H3,(H,19,22). The lowest BCUT2D eigenvalue weighted by Crippen LogP contribution is -2.16. The summed E-state index contributed by atoms with van der Waals surface area (Å²) in [7, 11) is 1.84. The molecule has 2 rings (SSSR count). The lowest BCUT2D eigenvalue weighted by molar-refractivity contribution is -0.115. The monoisotopic (exact) mass is 300 g/mol. The van der Waals surface area contributed by atoms with E-state index in [9.17, 15) is 4.79 Å². The van der Waals surface area contributed by atoms with Crippen LogP contribution in [0.15, 0.2) is 30.3 Å². The lowest BCUT2D eigenvalue weighted by atomic mass is 9.91. The number of carbonyl (C=O) groups is 1. The molecular weight excluding hydrogens is 276 g/mol. The first-order chi connectivity index (χ1) is 10.2. The number of benzene rings is 1. The van der Waals surface area contributed by atoms with Gasteiger partial charge < -0.3 is 11.1 Å². The average molecular weight is 300 g/mol. The van der Waals surface area contributed by atoms with Crippen molar-refractivity contribution >= 4 is 17.4 Å². The number of hydrogen-bond donors (Lipinski definition) is 2. The van der Waals surface area contributed by atoms with Crippen LogP contribution in [0.1, 0.15) is 32.0 Å². The number of hydrogen-bond acceptors (Lipinski definition) is 3. The molecule has 0 radical (unpaired) electrons. The molecule has 5 heteroatoms. The number of carbonyl (C=O) groups excluding carboxylic acids is 1. The van der Waals surface area contributed by atoms with E-state index >= 15 is 0 Å². The van der Waals surface area contributed by atoms with Gasteiger partial charge in [-0.15, -0.1) is 0 Å². The zero-order valence-corrected chi connectivity index (χ0v) is 13.7. The van der Waals surface area contributed by atoms with Crippen LogP contribution in [0.3, 0.4) is 0 Å². The van der Waals surface area contributed by atoms with Crippen LogP contribution in [-0.2, 0) is 24.7 Å². The summed E-state index contributed by atoms with van der Waals surface area (Å²) in [6.07, 6.45) is 1.19. The van der Waals surface area contributed by atoms with Crippen molar-refractivity contribution in [3.05, 3.63) is 41.6 Å². The van der Waals surface area contributed by atoms with E-state index in [1.807, 2.05) is 25.2 Å². The Bertz CT molecular complexity index is 650. The number of nitrogen functional groups attached to an aromatic ring is 1. The molecule has 3 N–H and O–H groups in total. The van der Waals surface area contributed by atoms with Crippen molar-refractivity contribution in [2.24, 2.45) is 12.5 Å². The highest BCUT2D eigenvalue weighted by molar-refractivity contribution is 5.91. The highest BCUT2D eigenvalue weighted by Gasteiger charge is 2.16. The number of aryl methyl sites for hydroxylation is 1. The molecule has 1 aromatic carbocycles. The van der Waals surface area contributed by atoms with Crippen LogP contribution in [0.5, 0.6) is 0 Å². The predicted octanol–water partition coefficient (Wildman–Crippen LogP) is 2.77. The summed E-state index contributed by atoms with van der Waals surface area (Å²) in [5.41, 5.74) is 8.42. The molecule has 2 aromatic rings. The van der Waals surface area contributed by atoms with Crippen LogP contribution < -0.4 is 11.1 Å². The molecule has 0 saturated carbocycles. The largest absolute Gasteiger partial charge is 0.399 e. The number of nitrogens with one attached hydrogen (secondary N) is 1. The van der Waals surface area contributed by atoms with Gasteiger partial charge in [-0.1, -0.05) is 32.9 Å². The molecule has 0 aliphatic heterocycles. The van der Waals surface area contributed by atoms with Gasteiger partial charge in [0, 0.05) is 18.8 Å². The number of anilines is 2. The Morgan fingerprint density at radius 3 is 2.50 bits per heavy atom. The smallest absolute Gasteiger partial charge is 0.229 e. The van der Waals surface area contributed by atoms with Gasteiger partial charge in [-0.25, -0.2) is 0 Å². The van der Waals surface area contributed by atoms with Gasteiger partial charge in [0.25, 0.3) is 0 Å². The van der Waals surface area contributed by atoms with Gasteiger partial charge in [0.1, 0.15) is 5.82 Å². The van der Waals surface area contributed by atoms with Crippen molar-refractivity contribution in [3.8, 4) is 0 Å². The van der Waals surface area contributed by atoms with E-state index in [0.717, 1.165) is 23.5 Å². The maximum Gasteiger partial charge on any atom is 0.229 e. The fraction of sp³-hybridized carbons (Fsp3) is 0.412. The Kier molecular flexibility index (Phi) is 4.54. The summed E-state index contributed by atoms with van der Waals surface area (Å²) in [6, 6.07) is 9.26. The van der Waals surface area contributed by atoms with E-state index in [2.05, 4.69) is 31.2 Å². The third kappa shape index (κ3) is 4.62. The van der Waals surface area contributed by atoms with Crippen LogP contribution in [0.4, 0.5) is 11.5 Å². The van der Waals surface area contributed by atoms with Crippen LogP contribution in [0, 0.1) is 5.41 Å². The molecule has 1 heterocycles.